The van der Waals surface area contributed by atoms with Crippen molar-refractivity contribution >= 4 is 40.3 Å². The average Bonchev–Trinajstić information content (AvgIpc) is 3.18. The average molecular weight is 365 g/mol. The van der Waals surface area contributed by atoms with Gasteiger partial charge in [0.05, 0.1) is 13.3 Å². The fourth-order valence-electron chi connectivity index (χ4n) is 3.43. The third-order valence-corrected chi connectivity index (χ3v) is 8.04. The maximum Gasteiger partial charge on any atom is 0.261 e. The van der Waals surface area contributed by atoms with E-state index in [0.717, 1.165) is 11.4 Å². The molecule has 5 rings (SSSR count). The highest BCUT2D eigenvalue weighted by molar-refractivity contribution is 8.02. The Labute approximate surface area is 149 Å². The standard InChI is InChI=1S/C17H20N2OS3/c1-11-2-4-15(21-11)23-16-5-3-14(22-16)17(20)18-13-10-19-8-6-12(13)7-9-19/h2-5,12-13H,6-10H2,1H3,(H,18,20). The maximum absolute atomic E-state index is 12.5. The van der Waals surface area contributed by atoms with Crippen LogP contribution >= 0.6 is 34.4 Å². The van der Waals surface area contributed by atoms with Crippen LogP contribution in [0.3, 0.4) is 0 Å². The first-order chi connectivity index (χ1) is 11.2. The Kier molecular flexibility index (Phi) is 4.50. The normalized spacial score (nSPS) is 26.4. The number of rotatable bonds is 4. The summed E-state index contributed by atoms with van der Waals surface area (Å²) in [6.45, 7) is 5.56. The van der Waals surface area contributed by atoms with Gasteiger partial charge in [-0.2, -0.15) is 0 Å². The van der Waals surface area contributed by atoms with E-state index in [-0.39, 0.29) is 5.91 Å². The van der Waals surface area contributed by atoms with E-state index in [1.54, 1.807) is 34.4 Å². The van der Waals surface area contributed by atoms with E-state index >= 15 is 0 Å². The van der Waals surface area contributed by atoms with Crippen molar-refractivity contribution in [3.05, 3.63) is 34.0 Å². The molecule has 1 unspecified atom stereocenters. The van der Waals surface area contributed by atoms with Gasteiger partial charge < -0.3 is 10.2 Å². The minimum Gasteiger partial charge on any atom is -0.347 e. The van der Waals surface area contributed by atoms with E-state index in [1.807, 2.05) is 6.07 Å². The van der Waals surface area contributed by atoms with Crippen molar-refractivity contribution in [1.29, 1.82) is 0 Å². The first kappa shape index (κ1) is 15.7. The molecule has 2 aromatic rings. The molecule has 6 heteroatoms. The second-order valence-corrected chi connectivity index (χ2v) is 10.3. The molecule has 3 aliphatic heterocycles. The van der Waals surface area contributed by atoms with Crippen LogP contribution in [0.2, 0.25) is 0 Å². The molecule has 122 valence electrons. The first-order valence-electron chi connectivity index (χ1n) is 8.05. The lowest BCUT2D eigenvalue weighted by Crippen LogP contribution is -2.57. The molecule has 2 bridgehead atoms. The molecule has 0 radical (unpaired) electrons. The van der Waals surface area contributed by atoms with Gasteiger partial charge in [0.15, 0.2) is 0 Å². The van der Waals surface area contributed by atoms with E-state index in [1.165, 1.54) is 39.2 Å². The number of fused-ring (bicyclic) bond motifs is 3. The van der Waals surface area contributed by atoms with Gasteiger partial charge in [-0.1, -0.05) is 11.8 Å². The molecule has 5 heterocycles. The summed E-state index contributed by atoms with van der Waals surface area (Å²) in [5.41, 5.74) is 0. The van der Waals surface area contributed by atoms with Crippen molar-refractivity contribution in [3.8, 4) is 0 Å². The Balaban J connectivity index is 1.39. The number of thiophene rings is 2. The van der Waals surface area contributed by atoms with E-state index in [2.05, 4.69) is 35.3 Å². The van der Waals surface area contributed by atoms with Crippen LogP contribution in [0.5, 0.6) is 0 Å². The van der Waals surface area contributed by atoms with Crippen LogP contribution in [0.15, 0.2) is 32.7 Å². The number of nitrogens with one attached hydrogen (secondary N) is 1. The fraction of sp³-hybridized carbons (Fsp3) is 0.471. The summed E-state index contributed by atoms with van der Waals surface area (Å²) in [6.07, 6.45) is 2.46. The van der Waals surface area contributed by atoms with Gasteiger partial charge in [0.25, 0.3) is 5.91 Å². The van der Waals surface area contributed by atoms with Crippen LogP contribution in [0.4, 0.5) is 0 Å². The SMILES string of the molecule is Cc1ccc(Sc2ccc(C(=O)NC3CN4CCC3CC4)s2)s1. The summed E-state index contributed by atoms with van der Waals surface area (Å²) in [5, 5.41) is 3.27. The molecule has 3 aliphatic rings. The number of nitrogens with zero attached hydrogens (tertiary/aromatic N) is 1. The van der Waals surface area contributed by atoms with Gasteiger partial charge in [-0.3, -0.25) is 4.79 Å². The molecule has 3 nitrogen and oxygen atoms in total. The predicted molar refractivity (Wildman–Crippen MR) is 97.9 cm³/mol. The summed E-state index contributed by atoms with van der Waals surface area (Å²) in [4.78, 5) is 17.2. The summed E-state index contributed by atoms with van der Waals surface area (Å²) < 4.78 is 2.47. The van der Waals surface area contributed by atoms with Crippen molar-refractivity contribution in [2.45, 2.75) is 34.2 Å². The van der Waals surface area contributed by atoms with Gasteiger partial charge in [0, 0.05) is 17.5 Å². The highest BCUT2D eigenvalue weighted by Gasteiger charge is 2.35. The third kappa shape index (κ3) is 3.50. The van der Waals surface area contributed by atoms with Gasteiger partial charge >= 0.3 is 0 Å². The van der Waals surface area contributed by atoms with Crippen LogP contribution in [-0.4, -0.2) is 36.5 Å². The van der Waals surface area contributed by atoms with Crippen molar-refractivity contribution in [2.24, 2.45) is 5.92 Å². The molecule has 0 aromatic carbocycles. The third-order valence-electron chi connectivity index (χ3n) is 4.69. The lowest BCUT2D eigenvalue weighted by atomic mass is 9.84. The quantitative estimate of drug-likeness (QED) is 0.887. The zero-order chi connectivity index (χ0) is 15.8. The zero-order valence-corrected chi connectivity index (χ0v) is 15.5. The maximum atomic E-state index is 12.5. The Hall–Kier alpha value is -0.820. The van der Waals surface area contributed by atoms with Crippen LogP contribution in [0, 0.1) is 12.8 Å². The highest BCUT2D eigenvalue weighted by atomic mass is 32.2. The summed E-state index contributed by atoms with van der Waals surface area (Å²) in [6, 6.07) is 8.65. The second kappa shape index (κ2) is 6.59. The Morgan fingerprint density at radius 1 is 1.17 bits per heavy atom. The number of hydrogen-bond acceptors (Lipinski definition) is 5. The van der Waals surface area contributed by atoms with Crippen LogP contribution in [-0.2, 0) is 0 Å². The number of aryl methyl sites for hydroxylation is 1. The Morgan fingerprint density at radius 3 is 2.57 bits per heavy atom. The summed E-state index contributed by atoms with van der Waals surface area (Å²) in [7, 11) is 0. The molecule has 0 aliphatic carbocycles. The van der Waals surface area contributed by atoms with Gasteiger partial charge in [0.2, 0.25) is 0 Å². The fourth-order valence-corrected chi connectivity index (χ4v) is 6.83. The van der Waals surface area contributed by atoms with Gasteiger partial charge in [-0.05, 0) is 63.0 Å². The first-order valence-corrected chi connectivity index (χ1v) is 10.5. The zero-order valence-electron chi connectivity index (χ0n) is 13.1. The monoisotopic (exact) mass is 364 g/mol. The summed E-state index contributed by atoms with van der Waals surface area (Å²) in [5.74, 6) is 0.773. The Morgan fingerprint density at radius 2 is 1.91 bits per heavy atom. The predicted octanol–water partition coefficient (Wildman–Crippen LogP) is 4.09. The highest BCUT2D eigenvalue weighted by Crippen LogP contribution is 2.37. The number of carbonyl (C=O) groups is 1. The van der Waals surface area contributed by atoms with Crippen LogP contribution in [0.1, 0.15) is 27.4 Å². The van der Waals surface area contributed by atoms with Gasteiger partial charge in [0.1, 0.15) is 0 Å². The summed E-state index contributed by atoms with van der Waals surface area (Å²) >= 11 is 5.15. The molecule has 3 saturated heterocycles. The van der Waals surface area contributed by atoms with Crippen LogP contribution in [0.25, 0.3) is 0 Å². The van der Waals surface area contributed by atoms with Crippen molar-refractivity contribution in [2.75, 3.05) is 19.6 Å². The smallest absolute Gasteiger partial charge is 0.261 e. The van der Waals surface area contributed by atoms with Crippen LogP contribution < -0.4 is 5.32 Å². The minimum absolute atomic E-state index is 0.1000. The van der Waals surface area contributed by atoms with E-state index in [0.29, 0.717) is 12.0 Å². The molecule has 2 aromatic heterocycles. The number of carbonyl (C=O) groups excluding carboxylic acids is 1. The number of hydrogen-bond donors (Lipinski definition) is 1. The number of amides is 1. The second-order valence-electron chi connectivity index (χ2n) is 6.30. The van der Waals surface area contributed by atoms with Crippen molar-refractivity contribution in [1.82, 2.24) is 10.2 Å². The van der Waals surface area contributed by atoms with Crippen molar-refractivity contribution < 1.29 is 4.79 Å². The minimum atomic E-state index is 0.1000. The lowest BCUT2D eigenvalue weighted by molar-refractivity contribution is 0.0622. The van der Waals surface area contributed by atoms with E-state index in [9.17, 15) is 4.79 Å². The molecule has 0 spiro atoms. The lowest BCUT2D eigenvalue weighted by Gasteiger charge is -2.44. The Bertz CT molecular complexity index is 700. The van der Waals surface area contributed by atoms with Crippen molar-refractivity contribution in [3.63, 3.8) is 0 Å². The number of piperidine rings is 3. The van der Waals surface area contributed by atoms with E-state index in [4.69, 9.17) is 0 Å². The van der Waals surface area contributed by atoms with Gasteiger partial charge in [-0.25, -0.2) is 0 Å². The molecule has 1 N–H and O–H groups in total. The molecule has 23 heavy (non-hydrogen) atoms. The van der Waals surface area contributed by atoms with E-state index < -0.39 is 0 Å². The van der Waals surface area contributed by atoms with Gasteiger partial charge in [-0.15, -0.1) is 22.7 Å². The molecule has 3 fully saturated rings. The largest absolute Gasteiger partial charge is 0.347 e. The molecule has 1 amide bonds. The molecule has 1 atom stereocenters. The molecular weight excluding hydrogens is 344 g/mol. The topological polar surface area (TPSA) is 32.3 Å². The molecular formula is C17H20N2OS3. The molecule has 0 saturated carbocycles.